The Bertz CT molecular complexity index is 571. The number of halogens is 2. The van der Waals surface area contributed by atoms with Crippen molar-refractivity contribution in [1.82, 2.24) is 5.32 Å². The SMILES string of the molecule is CNC(COc1ccc(Cl)cc1)c1ccc(C)c(F)c1. The highest BCUT2D eigenvalue weighted by Gasteiger charge is 2.12. The van der Waals surface area contributed by atoms with Gasteiger partial charge in [0.2, 0.25) is 0 Å². The summed E-state index contributed by atoms with van der Waals surface area (Å²) in [5.74, 6) is 0.538. The first kappa shape index (κ1) is 14.8. The molecule has 0 saturated heterocycles. The van der Waals surface area contributed by atoms with Crippen LogP contribution in [0.2, 0.25) is 5.02 Å². The van der Waals surface area contributed by atoms with Gasteiger partial charge in [0.05, 0.1) is 6.04 Å². The Morgan fingerprint density at radius 3 is 2.50 bits per heavy atom. The van der Waals surface area contributed by atoms with Crippen LogP contribution in [0.3, 0.4) is 0 Å². The molecule has 4 heteroatoms. The fourth-order valence-electron chi connectivity index (χ4n) is 1.88. The Kier molecular flexibility index (Phi) is 4.99. The maximum atomic E-state index is 13.6. The van der Waals surface area contributed by atoms with Crippen molar-refractivity contribution in [2.24, 2.45) is 0 Å². The first-order valence-corrected chi connectivity index (χ1v) is 6.79. The van der Waals surface area contributed by atoms with Crippen LogP contribution in [0.5, 0.6) is 5.75 Å². The normalized spacial score (nSPS) is 12.2. The lowest BCUT2D eigenvalue weighted by molar-refractivity contribution is 0.273. The largest absolute Gasteiger partial charge is 0.492 e. The molecule has 0 bridgehead atoms. The monoisotopic (exact) mass is 293 g/mol. The van der Waals surface area contributed by atoms with Crippen LogP contribution >= 0.6 is 11.6 Å². The van der Waals surface area contributed by atoms with Crippen LogP contribution in [0.4, 0.5) is 4.39 Å². The molecule has 0 heterocycles. The van der Waals surface area contributed by atoms with Crippen molar-refractivity contribution >= 4 is 11.6 Å². The van der Waals surface area contributed by atoms with Gasteiger partial charge in [-0.3, -0.25) is 0 Å². The van der Waals surface area contributed by atoms with Gasteiger partial charge in [-0.25, -0.2) is 4.39 Å². The lowest BCUT2D eigenvalue weighted by Crippen LogP contribution is -2.23. The van der Waals surface area contributed by atoms with E-state index < -0.39 is 0 Å². The third-order valence-corrected chi connectivity index (χ3v) is 3.43. The molecule has 0 spiro atoms. The van der Waals surface area contributed by atoms with Crippen molar-refractivity contribution in [2.75, 3.05) is 13.7 Å². The first-order valence-electron chi connectivity index (χ1n) is 6.42. The number of likely N-dealkylation sites (N-methyl/N-ethyl adjacent to an activating group) is 1. The summed E-state index contributed by atoms with van der Waals surface area (Å²) in [7, 11) is 1.83. The Hall–Kier alpha value is -1.58. The standard InChI is InChI=1S/C16H17ClFNO/c1-11-3-4-12(9-15(11)18)16(19-2)10-20-14-7-5-13(17)6-8-14/h3-9,16,19H,10H2,1-2H3. The summed E-state index contributed by atoms with van der Waals surface area (Å²) in [6, 6.07) is 12.3. The van der Waals surface area contributed by atoms with Crippen LogP contribution in [0.1, 0.15) is 17.2 Å². The van der Waals surface area contributed by atoms with E-state index in [2.05, 4.69) is 5.32 Å². The van der Waals surface area contributed by atoms with Crippen molar-refractivity contribution < 1.29 is 9.13 Å². The molecule has 0 saturated carbocycles. The number of nitrogens with one attached hydrogen (secondary N) is 1. The predicted octanol–water partition coefficient (Wildman–Crippen LogP) is 4.13. The van der Waals surface area contributed by atoms with Gasteiger partial charge in [0.15, 0.2) is 0 Å². The lowest BCUT2D eigenvalue weighted by Gasteiger charge is -2.18. The second kappa shape index (κ2) is 6.73. The second-order valence-electron chi connectivity index (χ2n) is 4.61. The van der Waals surface area contributed by atoms with E-state index in [1.165, 1.54) is 0 Å². The van der Waals surface area contributed by atoms with Gasteiger partial charge in [-0.1, -0.05) is 23.7 Å². The topological polar surface area (TPSA) is 21.3 Å². The Balaban J connectivity index is 2.05. The third-order valence-electron chi connectivity index (χ3n) is 3.18. The van der Waals surface area contributed by atoms with Crippen LogP contribution in [0.15, 0.2) is 42.5 Å². The summed E-state index contributed by atoms with van der Waals surface area (Å²) >= 11 is 5.82. The summed E-state index contributed by atoms with van der Waals surface area (Å²) in [6.45, 7) is 2.17. The molecule has 2 nitrogen and oxygen atoms in total. The van der Waals surface area contributed by atoms with Gasteiger partial charge >= 0.3 is 0 Å². The van der Waals surface area contributed by atoms with E-state index in [0.29, 0.717) is 17.2 Å². The molecule has 2 aromatic carbocycles. The van der Waals surface area contributed by atoms with E-state index >= 15 is 0 Å². The van der Waals surface area contributed by atoms with Gasteiger partial charge in [-0.2, -0.15) is 0 Å². The minimum absolute atomic E-state index is 0.0687. The zero-order chi connectivity index (χ0) is 14.5. The fourth-order valence-corrected chi connectivity index (χ4v) is 2.01. The average Bonchev–Trinajstić information content (AvgIpc) is 2.45. The minimum Gasteiger partial charge on any atom is -0.492 e. The Morgan fingerprint density at radius 1 is 1.20 bits per heavy atom. The highest BCUT2D eigenvalue weighted by Crippen LogP contribution is 2.20. The van der Waals surface area contributed by atoms with Crippen molar-refractivity contribution in [1.29, 1.82) is 0 Å². The second-order valence-corrected chi connectivity index (χ2v) is 5.05. The predicted molar refractivity (Wildman–Crippen MR) is 79.9 cm³/mol. The van der Waals surface area contributed by atoms with Gasteiger partial charge in [0.25, 0.3) is 0 Å². The highest BCUT2D eigenvalue weighted by atomic mass is 35.5. The molecule has 0 aromatic heterocycles. The Morgan fingerprint density at radius 2 is 1.90 bits per heavy atom. The van der Waals surface area contributed by atoms with Gasteiger partial charge in [0, 0.05) is 5.02 Å². The molecular weight excluding hydrogens is 277 g/mol. The van der Waals surface area contributed by atoms with E-state index in [0.717, 1.165) is 11.3 Å². The molecule has 20 heavy (non-hydrogen) atoms. The van der Waals surface area contributed by atoms with E-state index in [4.69, 9.17) is 16.3 Å². The molecule has 2 rings (SSSR count). The van der Waals surface area contributed by atoms with Crippen molar-refractivity contribution in [3.8, 4) is 5.75 Å². The van der Waals surface area contributed by atoms with Crippen LogP contribution in [0.25, 0.3) is 0 Å². The minimum atomic E-state index is -0.200. The van der Waals surface area contributed by atoms with Crippen LogP contribution < -0.4 is 10.1 Å². The first-order chi connectivity index (χ1) is 9.60. The summed E-state index contributed by atoms with van der Waals surface area (Å²) < 4.78 is 19.3. The highest BCUT2D eigenvalue weighted by molar-refractivity contribution is 6.30. The molecule has 1 N–H and O–H groups in total. The summed E-state index contributed by atoms with van der Waals surface area (Å²) in [5, 5.41) is 3.80. The summed E-state index contributed by atoms with van der Waals surface area (Å²) in [6.07, 6.45) is 0. The number of hydrogen-bond acceptors (Lipinski definition) is 2. The number of aryl methyl sites for hydroxylation is 1. The quantitative estimate of drug-likeness (QED) is 0.895. The third kappa shape index (κ3) is 3.71. The smallest absolute Gasteiger partial charge is 0.126 e. The van der Waals surface area contributed by atoms with Crippen molar-refractivity contribution in [3.63, 3.8) is 0 Å². The van der Waals surface area contributed by atoms with Gasteiger partial charge in [0.1, 0.15) is 18.2 Å². The molecule has 0 radical (unpaired) electrons. The van der Waals surface area contributed by atoms with E-state index in [1.807, 2.05) is 25.2 Å². The van der Waals surface area contributed by atoms with Crippen LogP contribution in [0, 0.1) is 12.7 Å². The molecule has 0 aliphatic heterocycles. The number of ether oxygens (including phenoxy) is 1. The maximum Gasteiger partial charge on any atom is 0.126 e. The summed E-state index contributed by atoms with van der Waals surface area (Å²) in [4.78, 5) is 0. The molecule has 106 valence electrons. The molecule has 0 fully saturated rings. The number of benzene rings is 2. The molecule has 1 unspecified atom stereocenters. The zero-order valence-corrected chi connectivity index (χ0v) is 12.2. The molecule has 1 atom stereocenters. The van der Waals surface area contributed by atoms with Gasteiger partial charge in [-0.05, 0) is 55.4 Å². The zero-order valence-electron chi connectivity index (χ0n) is 11.5. The summed E-state index contributed by atoms with van der Waals surface area (Å²) in [5.41, 5.74) is 1.51. The molecule has 0 aliphatic carbocycles. The molecule has 0 amide bonds. The Labute approximate surface area is 123 Å². The van der Waals surface area contributed by atoms with E-state index in [-0.39, 0.29) is 11.9 Å². The van der Waals surface area contributed by atoms with Crippen molar-refractivity contribution in [3.05, 3.63) is 64.4 Å². The fraction of sp³-hybridized carbons (Fsp3) is 0.250. The van der Waals surface area contributed by atoms with Gasteiger partial charge in [-0.15, -0.1) is 0 Å². The molecule has 0 aliphatic rings. The average molecular weight is 294 g/mol. The van der Waals surface area contributed by atoms with Gasteiger partial charge < -0.3 is 10.1 Å². The number of hydrogen-bond donors (Lipinski definition) is 1. The van der Waals surface area contributed by atoms with E-state index in [1.54, 1.807) is 31.2 Å². The van der Waals surface area contributed by atoms with Crippen molar-refractivity contribution in [2.45, 2.75) is 13.0 Å². The molecular formula is C16H17ClFNO. The van der Waals surface area contributed by atoms with Crippen LogP contribution in [-0.4, -0.2) is 13.7 Å². The van der Waals surface area contributed by atoms with E-state index in [9.17, 15) is 4.39 Å². The van der Waals surface area contributed by atoms with Crippen LogP contribution in [-0.2, 0) is 0 Å². The lowest BCUT2D eigenvalue weighted by atomic mass is 10.1. The molecule has 2 aromatic rings. The maximum absolute atomic E-state index is 13.6. The number of rotatable bonds is 5.